The van der Waals surface area contributed by atoms with Crippen molar-refractivity contribution in [3.63, 3.8) is 0 Å². The lowest BCUT2D eigenvalue weighted by atomic mass is 9.90. The lowest BCUT2D eigenvalue weighted by Crippen LogP contribution is -2.01. The van der Waals surface area contributed by atoms with Crippen LogP contribution in [0.1, 0.15) is 142 Å². The van der Waals surface area contributed by atoms with Crippen molar-refractivity contribution in [1.82, 2.24) is 0 Å². The van der Waals surface area contributed by atoms with Crippen molar-refractivity contribution in [3.05, 3.63) is 6.92 Å². The van der Waals surface area contributed by atoms with E-state index in [1.54, 1.807) is 0 Å². The van der Waals surface area contributed by atoms with Crippen LogP contribution >= 0.6 is 0 Å². The van der Waals surface area contributed by atoms with Crippen LogP contribution in [0.4, 0.5) is 0 Å². The molecule has 0 nitrogen and oxygen atoms in total. The minimum Gasteiger partial charge on any atom is -0.0654 e. The minimum absolute atomic E-state index is 0.999. The Balaban J connectivity index is 3.29. The average Bonchev–Trinajstić information content (AvgIpc) is 2.60. The molecule has 0 aromatic rings. The van der Waals surface area contributed by atoms with Crippen LogP contribution in [0.2, 0.25) is 0 Å². The third-order valence-electron chi connectivity index (χ3n) is 5.54. The van der Waals surface area contributed by atoms with Gasteiger partial charge in [0, 0.05) is 0 Å². The summed E-state index contributed by atoms with van der Waals surface area (Å²) in [7, 11) is 0. The summed E-state index contributed by atoms with van der Waals surface area (Å²) >= 11 is 0. The third kappa shape index (κ3) is 18.3. The normalized spacial score (nSPS) is 11.5. The summed E-state index contributed by atoms with van der Waals surface area (Å²) in [5.41, 5.74) is 0. The number of unbranched alkanes of at least 4 members (excludes halogenated alkanes) is 14. The van der Waals surface area contributed by atoms with Crippen LogP contribution in [0.5, 0.6) is 0 Å². The van der Waals surface area contributed by atoms with Crippen LogP contribution in [-0.4, -0.2) is 0 Å². The topological polar surface area (TPSA) is 0 Å². The largest absolute Gasteiger partial charge is 0.0654 e. The SMILES string of the molecule is [CH2]CCCC(CCCC)CCCCCCCCCCCCCCC. The molecule has 0 saturated carbocycles. The summed E-state index contributed by atoms with van der Waals surface area (Å²) < 4.78 is 0. The molecule has 0 aliphatic rings. The zero-order valence-electron chi connectivity index (χ0n) is 17.4. The molecule has 0 aromatic heterocycles. The van der Waals surface area contributed by atoms with E-state index in [0.29, 0.717) is 0 Å². The van der Waals surface area contributed by atoms with Gasteiger partial charge in [-0.1, -0.05) is 149 Å². The molecule has 1 unspecified atom stereocenters. The first kappa shape index (κ1) is 24.0. The second-order valence-corrected chi connectivity index (χ2v) is 8.04. The molecule has 1 atom stereocenters. The van der Waals surface area contributed by atoms with Gasteiger partial charge in [-0.25, -0.2) is 0 Å². The quantitative estimate of drug-likeness (QED) is 0.194. The minimum atomic E-state index is 0.999. The zero-order chi connectivity index (χ0) is 17.7. The van der Waals surface area contributed by atoms with Gasteiger partial charge in [-0.3, -0.25) is 0 Å². The van der Waals surface area contributed by atoms with E-state index in [2.05, 4.69) is 20.8 Å². The van der Waals surface area contributed by atoms with Crippen LogP contribution in [0.25, 0.3) is 0 Å². The van der Waals surface area contributed by atoms with Crippen LogP contribution in [-0.2, 0) is 0 Å². The fraction of sp³-hybridized carbons (Fsp3) is 0.958. The van der Waals surface area contributed by atoms with Crippen LogP contribution in [0.3, 0.4) is 0 Å². The van der Waals surface area contributed by atoms with Gasteiger partial charge in [-0.15, -0.1) is 0 Å². The van der Waals surface area contributed by atoms with Crippen molar-refractivity contribution in [2.75, 3.05) is 0 Å². The summed E-state index contributed by atoms with van der Waals surface area (Å²) in [6.45, 7) is 8.63. The Morgan fingerprint density at radius 1 is 0.458 bits per heavy atom. The van der Waals surface area contributed by atoms with E-state index >= 15 is 0 Å². The highest BCUT2D eigenvalue weighted by Gasteiger charge is 2.07. The Bertz CT molecular complexity index is 200. The molecule has 0 heteroatoms. The maximum Gasteiger partial charge on any atom is -0.0414 e. The Morgan fingerprint density at radius 3 is 1.29 bits per heavy atom. The molecule has 0 N–H and O–H groups in total. The van der Waals surface area contributed by atoms with E-state index in [0.717, 1.165) is 12.3 Å². The van der Waals surface area contributed by atoms with Crippen molar-refractivity contribution >= 4 is 0 Å². The smallest absolute Gasteiger partial charge is 0.0414 e. The molecule has 0 aromatic carbocycles. The molecular weight excluding hydrogens is 288 g/mol. The molecule has 0 heterocycles. The lowest BCUT2D eigenvalue weighted by molar-refractivity contribution is 0.378. The monoisotopic (exact) mass is 337 g/mol. The summed E-state index contributed by atoms with van der Waals surface area (Å²) in [5, 5.41) is 0. The first-order chi connectivity index (χ1) is 11.8. The number of hydrogen-bond acceptors (Lipinski definition) is 0. The third-order valence-corrected chi connectivity index (χ3v) is 5.54. The molecular formula is C24H49. The standard InChI is InChI=1S/C24H49/c1-4-7-10-11-12-13-14-15-16-17-18-19-20-23-24(21-8-5-2)22-9-6-3/h24H,2,4-23H2,1,3H3. The predicted octanol–water partition coefficient (Wildman–Crippen LogP) is 9.28. The van der Waals surface area contributed by atoms with Gasteiger partial charge in [-0.05, 0) is 5.92 Å². The first-order valence-corrected chi connectivity index (χ1v) is 11.6. The van der Waals surface area contributed by atoms with E-state index in [1.807, 2.05) is 0 Å². The summed E-state index contributed by atoms with van der Waals surface area (Å²) in [4.78, 5) is 0. The van der Waals surface area contributed by atoms with Crippen LogP contribution in [0.15, 0.2) is 0 Å². The Morgan fingerprint density at radius 2 is 0.833 bits per heavy atom. The highest BCUT2D eigenvalue weighted by molar-refractivity contribution is 4.61. The van der Waals surface area contributed by atoms with E-state index in [1.165, 1.54) is 122 Å². The Kier molecular flexibility index (Phi) is 21.0. The van der Waals surface area contributed by atoms with Gasteiger partial charge >= 0.3 is 0 Å². The molecule has 0 spiro atoms. The molecule has 0 aliphatic carbocycles. The summed E-state index contributed by atoms with van der Waals surface area (Å²) in [6, 6.07) is 0. The Labute approximate surface area is 155 Å². The van der Waals surface area contributed by atoms with Gasteiger partial charge < -0.3 is 0 Å². The molecule has 0 saturated heterocycles. The fourth-order valence-electron chi connectivity index (χ4n) is 3.81. The van der Waals surface area contributed by atoms with E-state index in [-0.39, 0.29) is 0 Å². The maximum atomic E-state index is 4.01. The molecule has 24 heavy (non-hydrogen) atoms. The van der Waals surface area contributed by atoms with Crippen LogP contribution < -0.4 is 0 Å². The highest BCUT2D eigenvalue weighted by atomic mass is 14.1. The van der Waals surface area contributed by atoms with Gasteiger partial charge in [-0.2, -0.15) is 0 Å². The molecule has 0 bridgehead atoms. The van der Waals surface area contributed by atoms with Crippen molar-refractivity contribution < 1.29 is 0 Å². The maximum absolute atomic E-state index is 4.01. The van der Waals surface area contributed by atoms with E-state index < -0.39 is 0 Å². The zero-order valence-corrected chi connectivity index (χ0v) is 17.4. The molecule has 0 amide bonds. The first-order valence-electron chi connectivity index (χ1n) is 11.6. The molecule has 0 fully saturated rings. The van der Waals surface area contributed by atoms with Crippen LogP contribution in [0, 0.1) is 12.8 Å². The average molecular weight is 338 g/mol. The number of hydrogen-bond donors (Lipinski definition) is 0. The summed E-state index contributed by atoms with van der Waals surface area (Å²) in [6.07, 6.45) is 28.7. The highest BCUT2D eigenvalue weighted by Crippen LogP contribution is 2.23. The lowest BCUT2D eigenvalue weighted by Gasteiger charge is -2.16. The van der Waals surface area contributed by atoms with Crippen molar-refractivity contribution in [3.8, 4) is 0 Å². The second-order valence-electron chi connectivity index (χ2n) is 8.04. The molecule has 145 valence electrons. The molecule has 0 aliphatic heterocycles. The van der Waals surface area contributed by atoms with Gasteiger partial charge in [0.05, 0.1) is 0 Å². The molecule has 0 rings (SSSR count). The number of rotatable bonds is 20. The molecule has 1 radical (unpaired) electrons. The fourth-order valence-corrected chi connectivity index (χ4v) is 3.81. The van der Waals surface area contributed by atoms with Gasteiger partial charge in [0.2, 0.25) is 0 Å². The van der Waals surface area contributed by atoms with Gasteiger partial charge in [0.25, 0.3) is 0 Å². The van der Waals surface area contributed by atoms with E-state index in [4.69, 9.17) is 0 Å². The van der Waals surface area contributed by atoms with E-state index in [9.17, 15) is 0 Å². The van der Waals surface area contributed by atoms with Gasteiger partial charge in [0.1, 0.15) is 0 Å². The Hall–Kier alpha value is 0. The summed E-state index contributed by atoms with van der Waals surface area (Å²) in [5.74, 6) is 0.999. The van der Waals surface area contributed by atoms with Gasteiger partial charge in [0.15, 0.2) is 0 Å². The second kappa shape index (κ2) is 21.0. The van der Waals surface area contributed by atoms with Crippen molar-refractivity contribution in [1.29, 1.82) is 0 Å². The predicted molar refractivity (Wildman–Crippen MR) is 113 cm³/mol. The van der Waals surface area contributed by atoms with Crippen molar-refractivity contribution in [2.45, 2.75) is 142 Å². The van der Waals surface area contributed by atoms with Crippen molar-refractivity contribution in [2.24, 2.45) is 5.92 Å².